The van der Waals surface area contributed by atoms with Crippen molar-refractivity contribution in [3.05, 3.63) is 71.0 Å². The van der Waals surface area contributed by atoms with Crippen LogP contribution in [0.25, 0.3) is 22.8 Å². The molecule has 1 aliphatic carbocycles. The van der Waals surface area contributed by atoms with Gasteiger partial charge in [0.1, 0.15) is 25.1 Å². The van der Waals surface area contributed by atoms with Gasteiger partial charge >= 0.3 is 12.5 Å². The van der Waals surface area contributed by atoms with Crippen LogP contribution in [0.1, 0.15) is 77.1 Å². The Kier molecular flexibility index (Phi) is 9.38. The number of nitrogens with one attached hydrogen (secondary N) is 1. The SMILES string of the molecule is CC(C)(C)C[C@]1(c2ccc(-c3ncn[nH]3)cc2F)N=C(N)N([C@H](COC(=O)CC2(C(C)(F)F)CC2)c2ccc(Cl)c(-c3ncnn3C(F)F)c2)C1=O. The van der Waals surface area contributed by atoms with Gasteiger partial charge in [0.25, 0.3) is 11.8 Å². The number of esters is 1. The van der Waals surface area contributed by atoms with Gasteiger partial charge in [-0.25, -0.2) is 28.1 Å². The molecule has 1 saturated carbocycles. The average Bonchev–Trinajstić information content (AvgIpc) is 3.37. The summed E-state index contributed by atoms with van der Waals surface area (Å²) in [6.07, 6.45) is 1.82. The van der Waals surface area contributed by atoms with Gasteiger partial charge in [0.15, 0.2) is 23.1 Å². The number of benzene rings is 2. The van der Waals surface area contributed by atoms with Gasteiger partial charge in [-0.15, -0.1) is 0 Å². The summed E-state index contributed by atoms with van der Waals surface area (Å²) in [7, 11) is 0. The van der Waals surface area contributed by atoms with E-state index in [9.17, 15) is 27.2 Å². The van der Waals surface area contributed by atoms with E-state index in [0.29, 0.717) is 10.2 Å². The molecule has 1 amide bonds. The molecule has 276 valence electrons. The van der Waals surface area contributed by atoms with Crippen molar-refractivity contribution in [2.75, 3.05) is 6.61 Å². The summed E-state index contributed by atoms with van der Waals surface area (Å²) in [5, 5.41) is 10.0. The molecule has 2 aromatic carbocycles. The molecule has 12 nitrogen and oxygen atoms in total. The molecule has 0 radical (unpaired) electrons. The van der Waals surface area contributed by atoms with Crippen molar-refractivity contribution < 1.29 is 36.3 Å². The number of halogens is 6. The highest BCUT2D eigenvalue weighted by atomic mass is 35.5. The zero-order valence-corrected chi connectivity index (χ0v) is 29.3. The van der Waals surface area contributed by atoms with E-state index in [2.05, 4.69) is 30.3 Å². The minimum Gasteiger partial charge on any atom is -0.463 e. The van der Waals surface area contributed by atoms with Crippen molar-refractivity contribution in [1.82, 2.24) is 34.8 Å². The van der Waals surface area contributed by atoms with Crippen LogP contribution in [0.15, 0.2) is 54.0 Å². The second-order valence-electron chi connectivity index (χ2n) is 14.4. The molecule has 3 heterocycles. The highest BCUT2D eigenvalue weighted by Crippen LogP contribution is 2.59. The molecule has 2 atom stereocenters. The van der Waals surface area contributed by atoms with E-state index in [1.807, 2.05) is 20.8 Å². The van der Waals surface area contributed by atoms with Crippen molar-refractivity contribution in [3.8, 4) is 22.8 Å². The third-order valence-electron chi connectivity index (χ3n) is 9.37. The van der Waals surface area contributed by atoms with Crippen LogP contribution < -0.4 is 5.73 Å². The zero-order chi connectivity index (χ0) is 37.8. The maximum absolute atomic E-state index is 16.2. The highest BCUT2D eigenvalue weighted by molar-refractivity contribution is 6.33. The first-order valence-electron chi connectivity index (χ1n) is 16.2. The maximum atomic E-state index is 16.2. The van der Waals surface area contributed by atoms with Crippen LogP contribution in [-0.4, -0.2) is 65.2 Å². The van der Waals surface area contributed by atoms with E-state index in [0.717, 1.165) is 18.2 Å². The van der Waals surface area contributed by atoms with Gasteiger partial charge in [-0.1, -0.05) is 50.6 Å². The fourth-order valence-corrected chi connectivity index (χ4v) is 6.85. The number of nitrogens with two attached hydrogens (primary N) is 1. The summed E-state index contributed by atoms with van der Waals surface area (Å²) >= 11 is 6.44. The number of hydrogen-bond acceptors (Lipinski definition) is 9. The number of amides is 1. The van der Waals surface area contributed by atoms with E-state index in [1.165, 1.54) is 36.7 Å². The molecule has 2 aliphatic rings. The fraction of sp³-hybridized carbons (Fsp3) is 0.441. The summed E-state index contributed by atoms with van der Waals surface area (Å²) in [5.74, 6) is -6.04. The normalized spacial score (nSPS) is 19.2. The first-order valence-corrected chi connectivity index (χ1v) is 16.6. The molecule has 52 heavy (non-hydrogen) atoms. The van der Waals surface area contributed by atoms with Gasteiger partial charge < -0.3 is 10.5 Å². The predicted octanol–water partition coefficient (Wildman–Crippen LogP) is 6.82. The Balaban J connectivity index is 1.43. The molecule has 3 N–H and O–H groups in total. The molecular weight excluding hydrogens is 713 g/mol. The van der Waals surface area contributed by atoms with Gasteiger partial charge in [0.2, 0.25) is 0 Å². The smallest absolute Gasteiger partial charge is 0.335 e. The number of alkyl halides is 4. The number of rotatable bonds is 12. The van der Waals surface area contributed by atoms with Crippen LogP contribution >= 0.6 is 11.6 Å². The zero-order valence-electron chi connectivity index (χ0n) is 28.5. The van der Waals surface area contributed by atoms with Gasteiger partial charge in [0.05, 0.1) is 17.5 Å². The molecular formula is C34H35ClF5N9O3. The van der Waals surface area contributed by atoms with Crippen LogP contribution in [0, 0.1) is 16.6 Å². The Labute approximate surface area is 299 Å². The Bertz CT molecular complexity index is 2020. The number of aliphatic imine (C=N–C) groups is 1. The number of carbonyl (C=O) groups is 2. The first-order chi connectivity index (χ1) is 24.4. The number of aromatic nitrogens is 6. The summed E-state index contributed by atoms with van der Waals surface area (Å²) < 4.78 is 78.4. The number of ether oxygens (including phenoxy) is 1. The van der Waals surface area contributed by atoms with Gasteiger partial charge in [-0.3, -0.25) is 19.6 Å². The average molecular weight is 748 g/mol. The minimum absolute atomic E-state index is 0.000585. The molecule has 0 saturated heterocycles. The summed E-state index contributed by atoms with van der Waals surface area (Å²) in [6, 6.07) is 6.99. The van der Waals surface area contributed by atoms with Gasteiger partial charge in [0, 0.05) is 22.1 Å². The monoisotopic (exact) mass is 747 g/mol. The predicted molar refractivity (Wildman–Crippen MR) is 178 cm³/mol. The lowest BCUT2D eigenvalue weighted by molar-refractivity contribution is -0.153. The minimum atomic E-state index is -3.14. The summed E-state index contributed by atoms with van der Waals surface area (Å²) in [6.45, 7) is 2.55. The second kappa shape index (κ2) is 13.2. The van der Waals surface area contributed by atoms with Gasteiger partial charge in [-0.05, 0) is 55.4 Å². The van der Waals surface area contributed by atoms with Crippen molar-refractivity contribution in [2.24, 2.45) is 21.6 Å². The molecule has 2 aromatic heterocycles. The van der Waals surface area contributed by atoms with Crippen LogP contribution in [0.4, 0.5) is 22.0 Å². The molecule has 0 spiro atoms. The number of H-pyrrole nitrogens is 1. The number of nitrogens with zero attached hydrogens (tertiary/aromatic N) is 7. The van der Waals surface area contributed by atoms with Crippen molar-refractivity contribution in [3.63, 3.8) is 0 Å². The highest BCUT2D eigenvalue weighted by Gasteiger charge is 2.60. The van der Waals surface area contributed by atoms with Crippen LogP contribution in [-0.2, 0) is 19.9 Å². The molecule has 1 aliphatic heterocycles. The van der Waals surface area contributed by atoms with Crippen LogP contribution in [0.5, 0.6) is 0 Å². The Hall–Kier alpha value is -4.93. The van der Waals surface area contributed by atoms with E-state index in [-0.39, 0.29) is 58.6 Å². The van der Waals surface area contributed by atoms with Crippen LogP contribution in [0.3, 0.4) is 0 Å². The molecule has 1 fully saturated rings. The summed E-state index contributed by atoms with van der Waals surface area (Å²) in [5.41, 5.74) is 2.84. The van der Waals surface area contributed by atoms with E-state index >= 15 is 4.39 Å². The van der Waals surface area contributed by atoms with E-state index in [4.69, 9.17) is 22.1 Å². The first kappa shape index (κ1) is 36.8. The second-order valence-corrected chi connectivity index (χ2v) is 14.8. The number of aromatic amines is 1. The fourth-order valence-electron chi connectivity index (χ4n) is 6.65. The number of guanidine groups is 1. The molecule has 4 aromatic rings. The van der Waals surface area contributed by atoms with Crippen molar-refractivity contribution >= 4 is 29.4 Å². The lowest BCUT2D eigenvalue weighted by Crippen LogP contribution is -2.47. The number of hydrogen-bond donors (Lipinski definition) is 2. The standard InChI is InChI=1S/C34H35ClF5N9O3/c1-31(2,3)15-34(21-7-5-19(12-23(21)36)26-42-16-44-47-26)28(51)48(30(41)46-34)24(14-52-25(50)13-33(9-10-33)32(4,39)40)18-6-8-22(35)20(11-18)27-43-17-45-49(27)29(37)38/h5-8,11-12,16-17,24,29H,9-10,13-15H2,1-4H3,(H2,41,46)(H,42,44,47)/t24-,34-/m1/s1. The Morgan fingerprint density at radius 1 is 1.10 bits per heavy atom. The third kappa shape index (κ3) is 6.85. The topological polar surface area (TPSA) is 157 Å². The summed E-state index contributed by atoms with van der Waals surface area (Å²) in [4.78, 5) is 41.6. The van der Waals surface area contributed by atoms with Crippen molar-refractivity contribution in [1.29, 1.82) is 0 Å². The molecule has 0 bridgehead atoms. The molecule has 6 rings (SSSR count). The van der Waals surface area contributed by atoms with Gasteiger partial charge in [-0.2, -0.15) is 23.7 Å². The molecule has 0 unspecified atom stereocenters. The maximum Gasteiger partial charge on any atom is 0.335 e. The lowest BCUT2D eigenvalue weighted by Gasteiger charge is -2.35. The van der Waals surface area contributed by atoms with Crippen molar-refractivity contribution in [2.45, 2.75) is 77.4 Å². The lowest BCUT2D eigenvalue weighted by atomic mass is 9.75. The molecule has 18 heteroatoms. The third-order valence-corrected chi connectivity index (χ3v) is 9.70. The van der Waals surface area contributed by atoms with Crippen LogP contribution in [0.2, 0.25) is 5.02 Å². The van der Waals surface area contributed by atoms with E-state index < -0.39 is 65.6 Å². The largest absolute Gasteiger partial charge is 0.463 e. The quantitative estimate of drug-likeness (QED) is 0.118. The Morgan fingerprint density at radius 2 is 1.83 bits per heavy atom. The Morgan fingerprint density at radius 3 is 2.42 bits per heavy atom. The van der Waals surface area contributed by atoms with E-state index in [1.54, 1.807) is 6.07 Å². The number of carbonyl (C=O) groups excluding carboxylic acids is 2.